The third-order valence-corrected chi connectivity index (χ3v) is 5.18. The maximum absolute atomic E-state index is 13.0. The van der Waals surface area contributed by atoms with E-state index in [2.05, 4.69) is 57.8 Å². The molecule has 2 N–H and O–H groups in total. The minimum absolute atomic E-state index is 0.211. The smallest absolute Gasteiger partial charge is 0.191 e. The summed E-state index contributed by atoms with van der Waals surface area (Å²) in [5.41, 5.74) is 2.40. The average Bonchev–Trinajstić information content (AvgIpc) is 2.69. The Hall–Kier alpha value is -2.40. The Morgan fingerprint density at radius 1 is 1.11 bits per heavy atom. The Labute approximate surface area is 161 Å². The lowest BCUT2D eigenvalue weighted by Crippen LogP contribution is -2.51. The molecule has 5 heteroatoms. The Bertz CT molecular complexity index is 730. The number of aliphatic imine (C=N–C) groups is 1. The summed E-state index contributed by atoms with van der Waals surface area (Å²) in [5.74, 6) is 0.588. The van der Waals surface area contributed by atoms with Crippen LogP contribution in [0.3, 0.4) is 0 Å². The van der Waals surface area contributed by atoms with E-state index in [-0.39, 0.29) is 5.82 Å². The van der Waals surface area contributed by atoms with Gasteiger partial charge in [0.25, 0.3) is 0 Å². The molecule has 0 bridgehead atoms. The van der Waals surface area contributed by atoms with Crippen molar-refractivity contribution < 1.29 is 4.39 Å². The van der Waals surface area contributed by atoms with E-state index in [1.165, 1.54) is 17.7 Å². The number of likely N-dealkylation sites (tertiary alicyclic amines) is 1. The molecule has 1 saturated heterocycles. The molecule has 0 radical (unpaired) electrons. The lowest BCUT2D eigenvalue weighted by Gasteiger charge is -2.38. The fourth-order valence-electron chi connectivity index (χ4n) is 3.58. The third kappa shape index (κ3) is 5.79. The molecule has 144 valence electrons. The van der Waals surface area contributed by atoms with Gasteiger partial charge in [-0.05, 0) is 43.0 Å². The van der Waals surface area contributed by atoms with Crippen LogP contribution in [0.2, 0.25) is 0 Å². The van der Waals surface area contributed by atoms with Crippen molar-refractivity contribution in [2.45, 2.75) is 44.9 Å². The Morgan fingerprint density at radius 2 is 1.85 bits per heavy atom. The van der Waals surface area contributed by atoms with Gasteiger partial charge in [-0.3, -0.25) is 9.89 Å². The number of piperidine rings is 1. The number of guanidine groups is 1. The van der Waals surface area contributed by atoms with E-state index in [9.17, 15) is 4.39 Å². The Morgan fingerprint density at radius 3 is 2.52 bits per heavy atom. The third-order valence-electron chi connectivity index (χ3n) is 5.18. The van der Waals surface area contributed by atoms with Crippen LogP contribution in [0.25, 0.3) is 0 Å². The standard InChI is InChI=1S/C22H29FN4/c1-17-14-21(12-13-27(17)16-19-6-4-3-5-7-19)26-22(24-2)25-15-18-8-10-20(23)11-9-18/h3-11,17,21H,12-16H2,1-2H3,(H2,24,25,26). The first-order valence-corrected chi connectivity index (χ1v) is 9.63. The number of halogens is 1. The van der Waals surface area contributed by atoms with Crippen molar-refractivity contribution in [1.82, 2.24) is 15.5 Å². The molecular formula is C22H29FN4. The van der Waals surface area contributed by atoms with Gasteiger partial charge in [-0.25, -0.2) is 4.39 Å². The highest BCUT2D eigenvalue weighted by molar-refractivity contribution is 5.79. The van der Waals surface area contributed by atoms with E-state index >= 15 is 0 Å². The molecule has 2 unspecified atom stereocenters. The van der Waals surface area contributed by atoms with Crippen molar-refractivity contribution in [3.8, 4) is 0 Å². The van der Waals surface area contributed by atoms with Crippen LogP contribution in [0.5, 0.6) is 0 Å². The topological polar surface area (TPSA) is 39.7 Å². The van der Waals surface area contributed by atoms with Gasteiger partial charge in [-0.15, -0.1) is 0 Å². The van der Waals surface area contributed by atoms with Crippen molar-refractivity contribution >= 4 is 5.96 Å². The maximum atomic E-state index is 13.0. The number of rotatable bonds is 5. The summed E-state index contributed by atoms with van der Waals surface area (Å²) in [7, 11) is 1.79. The van der Waals surface area contributed by atoms with E-state index < -0.39 is 0 Å². The second-order valence-electron chi connectivity index (χ2n) is 7.22. The molecule has 3 rings (SSSR count). The molecule has 1 fully saturated rings. The molecule has 1 heterocycles. The summed E-state index contributed by atoms with van der Waals surface area (Å²) in [6.45, 7) is 5.00. The van der Waals surface area contributed by atoms with Crippen LogP contribution < -0.4 is 10.6 Å². The van der Waals surface area contributed by atoms with Gasteiger partial charge < -0.3 is 10.6 Å². The Balaban J connectivity index is 1.47. The first kappa shape index (κ1) is 19.4. The highest BCUT2D eigenvalue weighted by Gasteiger charge is 2.25. The zero-order valence-corrected chi connectivity index (χ0v) is 16.2. The number of nitrogens with one attached hydrogen (secondary N) is 2. The zero-order valence-electron chi connectivity index (χ0n) is 16.2. The minimum atomic E-state index is -0.211. The molecule has 2 aromatic rings. The van der Waals surface area contributed by atoms with Crippen LogP contribution in [-0.4, -0.2) is 36.5 Å². The second kappa shape index (κ2) is 9.51. The monoisotopic (exact) mass is 368 g/mol. The van der Waals surface area contributed by atoms with Gasteiger partial charge >= 0.3 is 0 Å². The van der Waals surface area contributed by atoms with Gasteiger partial charge in [-0.2, -0.15) is 0 Å². The summed E-state index contributed by atoms with van der Waals surface area (Å²) in [4.78, 5) is 6.88. The van der Waals surface area contributed by atoms with Crippen LogP contribution in [0.1, 0.15) is 30.9 Å². The van der Waals surface area contributed by atoms with Gasteiger partial charge in [0.15, 0.2) is 5.96 Å². The number of hydrogen-bond acceptors (Lipinski definition) is 2. The zero-order chi connectivity index (χ0) is 19.1. The highest BCUT2D eigenvalue weighted by Crippen LogP contribution is 2.20. The maximum Gasteiger partial charge on any atom is 0.191 e. The fraction of sp³-hybridized carbons (Fsp3) is 0.409. The van der Waals surface area contributed by atoms with Crippen LogP contribution >= 0.6 is 0 Å². The van der Waals surface area contributed by atoms with E-state index in [0.717, 1.165) is 37.5 Å². The number of hydrogen-bond donors (Lipinski definition) is 2. The normalized spacial score (nSPS) is 21.1. The van der Waals surface area contributed by atoms with Gasteiger partial charge in [0.1, 0.15) is 5.82 Å². The lowest BCUT2D eigenvalue weighted by molar-refractivity contribution is 0.134. The quantitative estimate of drug-likeness (QED) is 0.626. The van der Waals surface area contributed by atoms with E-state index in [0.29, 0.717) is 18.6 Å². The molecular weight excluding hydrogens is 339 g/mol. The van der Waals surface area contributed by atoms with Gasteiger partial charge in [-0.1, -0.05) is 42.5 Å². The van der Waals surface area contributed by atoms with Gasteiger partial charge in [0, 0.05) is 38.8 Å². The summed E-state index contributed by atoms with van der Waals surface area (Å²) in [5, 5.41) is 6.86. The number of nitrogens with zero attached hydrogens (tertiary/aromatic N) is 2. The SMILES string of the molecule is CN=C(NCc1ccc(F)cc1)NC1CCN(Cc2ccccc2)C(C)C1. The van der Waals surface area contributed by atoms with E-state index in [1.807, 2.05) is 0 Å². The lowest BCUT2D eigenvalue weighted by atomic mass is 9.97. The minimum Gasteiger partial charge on any atom is -0.354 e. The summed E-state index contributed by atoms with van der Waals surface area (Å²) < 4.78 is 13.0. The molecule has 0 saturated carbocycles. The highest BCUT2D eigenvalue weighted by atomic mass is 19.1. The fourth-order valence-corrected chi connectivity index (χ4v) is 3.58. The molecule has 4 nitrogen and oxygen atoms in total. The molecule has 0 aliphatic carbocycles. The first-order chi connectivity index (χ1) is 13.1. The second-order valence-corrected chi connectivity index (χ2v) is 7.22. The first-order valence-electron chi connectivity index (χ1n) is 9.63. The van der Waals surface area contributed by atoms with Crippen molar-refractivity contribution in [3.05, 3.63) is 71.5 Å². The van der Waals surface area contributed by atoms with Crippen LogP contribution in [0.4, 0.5) is 4.39 Å². The average molecular weight is 369 g/mol. The van der Waals surface area contributed by atoms with Crippen LogP contribution in [-0.2, 0) is 13.1 Å². The van der Waals surface area contributed by atoms with Crippen molar-refractivity contribution in [2.75, 3.05) is 13.6 Å². The molecule has 0 aromatic heterocycles. The molecule has 1 aliphatic rings. The van der Waals surface area contributed by atoms with Crippen molar-refractivity contribution in [3.63, 3.8) is 0 Å². The van der Waals surface area contributed by atoms with Crippen molar-refractivity contribution in [1.29, 1.82) is 0 Å². The summed E-state index contributed by atoms with van der Waals surface area (Å²) in [6.07, 6.45) is 2.18. The molecule has 0 spiro atoms. The molecule has 2 aromatic carbocycles. The van der Waals surface area contributed by atoms with E-state index in [1.54, 1.807) is 19.2 Å². The molecule has 27 heavy (non-hydrogen) atoms. The van der Waals surface area contributed by atoms with Crippen molar-refractivity contribution in [2.24, 2.45) is 4.99 Å². The van der Waals surface area contributed by atoms with Crippen LogP contribution in [0.15, 0.2) is 59.6 Å². The summed E-state index contributed by atoms with van der Waals surface area (Å²) in [6, 6.07) is 18.1. The predicted molar refractivity (Wildman–Crippen MR) is 109 cm³/mol. The number of benzene rings is 2. The predicted octanol–water partition coefficient (Wildman–Crippen LogP) is 3.54. The molecule has 1 aliphatic heterocycles. The summed E-state index contributed by atoms with van der Waals surface area (Å²) >= 11 is 0. The van der Waals surface area contributed by atoms with E-state index in [4.69, 9.17) is 0 Å². The Kier molecular flexibility index (Phi) is 6.82. The van der Waals surface area contributed by atoms with Gasteiger partial charge in [0.2, 0.25) is 0 Å². The molecule has 2 atom stereocenters. The molecule has 0 amide bonds. The largest absolute Gasteiger partial charge is 0.354 e. The van der Waals surface area contributed by atoms with Crippen LogP contribution in [0, 0.1) is 5.82 Å². The van der Waals surface area contributed by atoms with Gasteiger partial charge in [0.05, 0.1) is 0 Å².